The summed E-state index contributed by atoms with van der Waals surface area (Å²) in [5.74, 6) is -1.07. The van der Waals surface area contributed by atoms with E-state index in [1.807, 2.05) is 0 Å². The lowest BCUT2D eigenvalue weighted by Crippen LogP contribution is -2.26. The summed E-state index contributed by atoms with van der Waals surface area (Å²) in [6.45, 7) is 3.75. The van der Waals surface area contributed by atoms with Gasteiger partial charge in [-0.2, -0.15) is 0 Å². The number of esters is 1. The van der Waals surface area contributed by atoms with Crippen LogP contribution < -0.4 is 5.32 Å². The number of methoxy groups -OCH3 is 1. The van der Waals surface area contributed by atoms with E-state index in [0.717, 1.165) is 0 Å². The highest BCUT2D eigenvalue weighted by Gasteiger charge is 2.22. The van der Waals surface area contributed by atoms with Crippen molar-refractivity contribution < 1.29 is 24.2 Å². The van der Waals surface area contributed by atoms with Gasteiger partial charge in [-0.05, 0) is 19.4 Å². The molecule has 0 spiro atoms. The Labute approximate surface area is 136 Å². The van der Waals surface area contributed by atoms with Crippen LogP contribution in [0.25, 0.3) is 10.2 Å². The molecule has 124 valence electrons. The number of rotatable bonds is 7. The molecular formula is C14H17N3O5S. The molecule has 0 bridgehead atoms. The first-order valence-corrected chi connectivity index (χ1v) is 7.66. The number of nitrogens with zero attached hydrogens (tertiary/aromatic N) is 2. The van der Waals surface area contributed by atoms with Gasteiger partial charge in [-0.3, -0.25) is 4.79 Å². The van der Waals surface area contributed by atoms with Crippen LogP contribution >= 0.6 is 11.3 Å². The van der Waals surface area contributed by atoms with Gasteiger partial charge >= 0.3 is 11.9 Å². The van der Waals surface area contributed by atoms with Gasteiger partial charge in [0.25, 0.3) is 0 Å². The standard InChI is InChI=1S/C14H17N3O5S/c1-7-9-11(17-8(2)13(18)19)15-6-16-12(9)23-10(7)14(20)22-5-4-21-3/h6,8H,4-5H2,1-3H3,(H,18,19)(H,15,16,17). The van der Waals surface area contributed by atoms with E-state index >= 15 is 0 Å². The predicted octanol–water partition coefficient (Wildman–Crippen LogP) is 1.69. The summed E-state index contributed by atoms with van der Waals surface area (Å²) >= 11 is 1.19. The number of carboxylic acids is 1. The molecule has 1 unspecified atom stereocenters. The maximum atomic E-state index is 12.1. The first kappa shape index (κ1) is 17.1. The molecule has 2 N–H and O–H groups in total. The fraction of sp³-hybridized carbons (Fsp3) is 0.429. The normalized spacial score (nSPS) is 12.1. The van der Waals surface area contributed by atoms with Crippen molar-refractivity contribution in [2.45, 2.75) is 19.9 Å². The van der Waals surface area contributed by atoms with E-state index in [1.165, 1.54) is 31.7 Å². The second-order valence-corrected chi connectivity index (χ2v) is 5.79. The summed E-state index contributed by atoms with van der Waals surface area (Å²) in [4.78, 5) is 32.4. The van der Waals surface area contributed by atoms with Crippen LogP contribution in [0, 0.1) is 6.92 Å². The molecule has 1 atom stereocenters. The highest BCUT2D eigenvalue weighted by molar-refractivity contribution is 7.20. The zero-order valence-electron chi connectivity index (χ0n) is 13.0. The fourth-order valence-corrected chi connectivity index (χ4v) is 2.97. The summed E-state index contributed by atoms with van der Waals surface area (Å²) in [6.07, 6.45) is 1.33. The van der Waals surface area contributed by atoms with E-state index in [9.17, 15) is 9.59 Å². The van der Waals surface area contributed by atoms with Crippen molar-refractivity contribution in [2.75, 3.05) is 25.6 Å². The smallest absolute Gasteiger partial charge is 0.348 e. The molecule has 0 aromatic carbocycles. The number of carbonyl (C=O) groups is 2. The molecule has 0 saturated carbocycles. The Balaban J connectivity index is 2.34. The molecule has 2 aromatic heterocycles. The minimum absolute atomic E-state index is 0.163. The van der Waals surface area contributed by atoms with Crippen molar-refractivity contribution in [3.05, 3.63) is 16.8 Å². The molecule has 0 radical (unpaired) electrons. The number of aliphatic carboxylic acids is 1. The molecule has 9 heteroatoms. The Morgan fingerprint density at radius 2 is 2.13 bits per heavy atom. The first-order chi connectivity index (χ1) is 11.0. The number of aryl methyl sites for hydroxylation is 1. The van der Waals surface area contributed by atoms with E-state index in [-0.39, 0.29) is 6.61 Å². The largest absolute Gasteiger partial charge is 0.480 e. The van der Waals surface area contributed by atoms with Crippen LogP contribution in [0.15, 0.2) is 6.33 Å². The number of hydrogen-bond acceptors (Lipinski definition) is 8. The number of fused-ring (bicyclic) bond motifs is 1. The van der Waals surface area contributed by atoms with Crippen LogP contribution in [0.1, 0.15) is 22.2 Å². The number of carboxylic acid groups (broad SMARTS) is 1. The molecule has 23 heavy (non-hydrogen) atoms. The van der Waals surface area contributed by atoms with Gasteiger partial charge in [0.1, 0.15) is 34.5 Å². The third-order valence-corrected chi connectivity index (χ3v) is 4.34. The second kappa shape index (κ2) is 7.34. The van der Waals surface area contributed by atoms with Crippen LogP contribution in [-0.4, -0.2) is 53.4 Å². The van der Waals surface area contributed by atoms with Crippen molar-refractivity contribution >= 4 is 39.3 Å². The van der Waals surface area contributed by atoms with Crippen LogP contribution in [0.5, 0.6) is 0 Å². The average Bonchev–Trinajstić information content (AvgIpc) is 2.85. The Hall–Kier alpha value is -2.26. The average molecular weight is 339 g/mol. The van der Waals surface area contributed by atoms with Crippen molar-refractivity contribution in [1.29, 1.82) is 0 Å². The number of carbonyl (C=O) groups excluding carboxylic acids is 1. The molecule has 0 aliphatic rings. The van der Waals surface area contributed by atoms with Crippen LogP contribution in [0.2, 0.25) is 0 Å². The molecule has 0 amide bonds. The van der Waals surface area contributed by atoms with E-state index in [0.29, 0.717) is 33.1 Å². The minimum Gasteiger partial charge on any atom is -0.480 e. The van der Waals surface area contributed by atoms with Gasteiger partial charge in [-0.15, -0.1) is 11.3 Å². The maximum absolute atomic E-state index is 12.1. The van der Waals surface area contributed by atoms with Gasteiger partial charge < -0.3 is 19.9 Å². The summed E-state index contributed by atoms with van der Waals surface area (Å²) in [5, 5.41) is 12.5. The Morgan fingerprint density at radius 3 is 2.78 bits per heavy atom. The van der Waals surface area contributed by atoms with Crippen LogP contribution in [-0.2, 0) is 14.3 Å². The molecule has 2 aromatic rings. The Bertz CT molecular complexity index is 731. The van der Waals surface area contributed by atoms with Gasteiger partial charge in [0.15, 0.2) is 0 Å². The highest BCUT2D eigenvalue weighted by atomic mass is 32.1. The highest BCUT2D eigenvalue weighted by Crippen LogP contribution is 2.33. The van der Waals surface area contributed by atoms with E-state index in [1.54, 1.807) is 6.92 Å². The number of aromatic nitrogens is 2. The number of anilines is 1. The summed E-state index contributed by atoms with van der Waals surface area (Å²) in [5.41, 5.74) is 0.660. The van der Waals surface area contributed by atoms with E-state index < -0.39 is 18.0 Å². The number of nitrogens with one attached hydrogen (secondary N) is 1. The van der Waals surface area contributed by atoms with Gasteiger partial charge in [0, 0.05) is 7.11 Å². The topological polar surface area (TPSA) is 111 Å². The molecule has 0 aliphatic carbocycles. The van der Waals surface area contributed by atoms with Gasteiger partial charge in [0.2, 0.25) is 0 Å². The number of ether oxygens (including phenoxy) is 2. The summed E-state index contributed by atoms with van der Waals surface area (Å²) in [7, 11) is 1.52. The lowest BCUT2D eigenvalue weighted by atomic mass is 10.2. The Kier molecular flexibility index (Phi) is 5.45. The van der Waals surface area contributed by atoms with Crippen molar-refractivity contribution in [3.63, 3.8) is 0 Å². The second-order valence-electron chi connectivity index (χ2n) is 4.79. The molecular weight excluding hydrogens is 322 g/mol. The molecule has 0 fully saturated rings. The molecule has 0 aliphatic heterocycles. The Morgan fingerprint density at radius 1 is 1.39 bits per heavy atom. The van der Waals surface area contributed by atoms with Crippen molar-refractivity contribution in [1.82, 2.24) is 9.97 Å². The van der Waals surface area contributed by atoms with E-state index in [4.69, 9.17) is 14.6 Å². The lowest BCUT2D eigenvalue weighted by molar-refractivity contribution is -0.137. The SMILES string of the molecule is COCCOC(=O)c1sc2ncnc(NC(C)C(=O)O)c2c1C. The molecule has 2 heterocycles. The van der Waals surface area contributed by atoms with E-state index in [2.05, 4.69) is 15.3 Å². The van der Waals surface area contributed by atoms with Crippen LogP contribution in [0.3, 0.4) is 0 Å². The molecule has 2 rings (SSSR count). The minimum atomic E-state index is -0.996. The number of hydrogen-bond donors (Lipinski definition) is 2. The van der Waals surface area contributed by atoms with Gasteiger partial charge in [-0.25, -0.2) is 14.8 Å². The molecule has 8 nitrogen and oxygen atoms in total. The quantitative estimate of drug-likeness (QED) is 0.579. The third-order valence-electron chi connectivity index (χ3n) is 3.16. The maximum Gasteiger partial charge on any atom is 0.348 e. The van der Waals surface area contributed by atoms with Gasteiger partial charge in [-0.1, -0.05) is 0 Å². The van der Waals surface area contributed by atoms with Crippen molar-refractivity contribution in [3.8, 4) is 0 Å². The fourth-order valence-electron chi connectivity index (χ4n) is 1.93. The predicted molar refractivity (Wildman–Crippen MR) is 85.0 cm³/mol. The number of thiophene rings is 1. The first-order valence-electron chi connectivity index (χ1n) is 6.85. The summed E-state index contributed by atoms with van der Waals surface area (Å²) in [6, 6.07) is -0.815. The van der Waals surface area contributed by atoms with Gasteiger partial charge in [0.05, 0.1) is 12.0 Å². The lowest BCUT2D eigenvalue weighted by Gasteiger charge is -2.10. The zero-order chi connectivity index (χ0) is 17.0. The van der Waals surface area contributed by atoms with Crippen molar-refractivity contribution in [2.24, 2.45) is 0 Å². The third kappa shape index (κ3) is 3.74. The monoisotopic (exact) mass is 339 g/mol. The zero-order valence-corrected chi connectivity index (χ0v) is 13.8. The molecule has 0 saturated heterocycles. The summed E-state index contributed by atoms with van der Waals surface area (Å²) < 4.78 is 9.96. The van der Waals surface area contributed by atoms with Crippen LogP contribution in [0.4, 0.5) is 5.82 Å².